The van der Waals surface area contributed by atoms with E-state index in [9.17, 15) is 5.11 Å². The van der Waals surface area contributed by atoms with E-state index in [2.05, 4.69) is 18.2 Å². The van der Waals surface area contributed by atoms with E-state index >= 15 is 0 Å². The molecule has 0 bridgehead atoms. The Morgan fingerprint density at radius 2 is 1.83 bits per heavy atom. The van der Waals surface area contributed by atoms with E-state index in [0.717, 1.165) is 29.9 Å². The van der Waals surface area contributed by atoms with Crippen molar-refractivity contribution in [3.05, 3.63) is 59.7 Å². The molecule has 2 rings (SSSR count). The van der Waals surface area contributed by atoms with Gasteiger partial charge in [0.1, 0.15) is 24.2 Å². The molecule has 2 aromatic rings. The summed E-state index contributed by atoms with van der Waals surface area (Å²) in [5, 5.41) is 9.95. The number of aliphatic hydroxyl groups is 1. The summed E-state index contributed by atoms with van der Waals surface area (Å²) >= 11 is 6.02. The summed E-state index contributed by atoms with van der Waals surface area (Å²) in [6.45, 7) is 1.12. The first-order valence-corrected chi connectivity index (χ1v) is 10.4. The van der Waals surface area contributed by atoms with Gasteiger partial charge < -0.3 is 24.2 Å². The van der Waals surface area contributed by atoms with Crippen molar-refractivity contribution >= 4 is 11.6 Å². The number of para-hydroxylation sites is 1. The molecule has 1 N–H and O–H groups in total. The highest BCUT2D eigenvalue weighted by molar-refractivity contribution is 6.18. The summed E-state index contributed by atoms with van der Waals surface area (Å²) < 4.78 is 17.0. The molecule has 0 amide bonds. The number of alkyl halides is 1. The van der Waals surface area contributed by atoms with Crippen LogP contribution >= 0.6 is 11.6 Å². The third-order valence-electron chi connectivity index (χ3n) is 4.49. The Morgan fingerprint density at radius 3 is 2.55 bits per heavy atom. The van der Waals surface area contributed by atoms with Gasteiger partial charge in [-0.1, -0.05) is 30.3 Å². The minimum atomic E-state index is -0.550. The number of methoxy groups -OCH3 is 1. The molecule has 0 heterocycles. The molecule has 0 spiro atoms. The van der Waals surface area contributed by atoms with Gasteiger partial charge in [-0.3, -0.25) is 0 Å². The minimum Gasteiger partial charge on any atom is -0.497 e. The lowest BCUT2D eigenvalue weighted by atomic mass is 10.0. The summed E-state index contributed by atoms with van der Waals surface area (Å²) in [4.78, 5) is 1.92. The molecule has 0 aliphatic rings. The van der Waals surface area contributed by atoms with Gasteiger partial charge in [-0.15, -0.1) is 11.6 Å². The molecule has 2 atom stereocenters. The number of rotatable bonds is 13. The van der Waals surface area contributed by atoms with Crippen molar-refractivity contribution < 1.29 is 19.3 Å². The highest BCUT2D eigenvalue weighted by Gasteiger charge is 2.14. The number of ether oxygens (including phenoxy) is 3. The number of hydrogen-bond acceptors (Lipinski definition) is 5. The monoisotopic (exact) mass is 421 g/mol. The number of aliphatic hydroxyl groups excluding tert-OH is 1. The Morgan fingerprint density at radius 1 is 1.03 bits per heavy atom. The van der Waals surface area contributed by atoms with Crippen LogP contribution in [0.5, 0.6) is 11.5 Å². The van der Waals surface area contributed by atoms with Crippen LogP contribution in [-0.2, 0) is 17.6 Å². The molecule has 0 aliphatic heterocycles. The van der Waals surface area contributed by atoms with E-state index in [0.29, 0.717) is 19.0 Å². The first-order chi connectivity index (χ1) is 14.0. The lowest BCUT2D eigenvalue weighted by Crippen LogP contribution is -2.33. The molecule has 2 aromatic carbocycles. The van der Waals surface area contributed by atoms with Gasteiger partial charge in [-0.25, -0.2) is 0 Å². The van der Waals surface area contributed by atoms with Crippen LogP contribution in [0, 0.1) is 0 Å². The van der Waals surface area contributed by atoms with Gasteiger partial charge in [0.15, 0.2) is 0 Å². The van der Waals surface area contributed by atoms with Crippen molar-refractivity contribution in [3.63, 3.8) is 0 Å². The highest BCUT2D eigenvalue weighted by Crippen LogP contribution is 2.22. The molecule has 6 heteroatoms. The van der Waals surface area contributed by atoms with Crippen LogP contribution in [0.1, 0.15) is 11.1 Å². The minimum absolute atomic E-state index is 0.233. The Bertz CT molecular complexity index is 726. The Balaban J connectivity index is 1.88. The van der Waals surface area contributed by atoms with Gasteiger partial charge >= 0.3 is 0 Å². The fourth-order valence-corrected chi connectivity index (χ4v) is 3.18. The summed E-state index contributed by atoms with van der Waals surface area (Å²) in [5.41, 5.74) is 2.35. The molecule has 0 aromatic heterocycles. The van der Waals surface area contributed by atoms with Crippen molar-refractivity contribution in [2.24, 2.45) is 0 Å². The maximum atomic E-state index is 9.95. The van der Waals surface area contributed by atoms with Crippen LogP contribution in [0.15, 0.2) is 48.5 Å². The van der Waals surface area contributed by atoms with E-state index < -0.39 is 6.10 Å². The Labute approximate surface area is 179 Å². The molecular weight excluding hydrogens is 390 g/mol. The van der Waals surface area contributed by atoms with E-state index in [-0.39, 0.29) is 12.7 Å². The quantitative estimate of drug-likeness (QED) is 0.502. The predicted octanol–water partition coefficient (Wildman–Crippen LogP) is 3.41. The maximum Gasteiger partial charge on any atom is 0.122 e. The molecule has 0 radical (unpaired) electrons. The summed E-state index contributed by atoms with van der Waals surface area (Å²) in [7, 11) is 5.50. The zero-order valence-corrected chi connectivity index (χ0v) is 18.3. The molecule has 2 unspecified atom stereocenters. The molecule has 0 aliphatic carbocycles. The molecule has 5 nitrogen and oxygen atoms in total. The predicted molar refractivity (Wildman–Crippen MR) is 117 cm³/mol. The van der Waals surface area contributed by atoms with Crippen molar-refractivity contribution in [2.45, 2.75) is 25.0 Å². The van der Waals surface area contributed by atoms with Crippen LogP contribution in [0.4, 0.5) is 0 Å². The van der Waals surface area contributed by atoms with E-state index in [1.165, 1.54) is 5.56 Å². The normalized spacial score (nSPS) is 13.3. The summed E-state index contributed by atoms with van der Waals surface area (Å²) in [5.74, 6) is 2.01. The molecule has 29 heavy (non-hydrogen) atoms. The lowest BCUT2D eigenvalue weighted by Gasteiger charge is -2.21. The first kappa shape index (κ1) is 23.5. The van der Waals surface area contributed by atoms with Gasteiger partial charge in [0.2, 0.25) is 0 Å². The lowest BCUT2D eigenvalue weighted by molar-refractivity contribution is -0.0238. The van der Waals surface area contributed by atoms with Gasteiger partial charge in [0, 0.05) is 6.54 Å². The van der Waals surface area contributed by atoms with Gasteiger partial charge in [0.05, 0.1) is 25.7 Å². The number of likely N-dealkylation sites (N-methyl/N-ethyl adjacent to an activating group) is 1. The van der Waals surface area contributed by atoms with Crippen molar-refractivity contribution in [2.75, 3.05) is 46.8 Å². The van der Waals surface area contributed by atoms with Crippen LogP contribution in [0.25, 0.3) is 0 Å². The Hall–Kier alpha value is -1.79. The molecular formula is C23H32ClNO4. The second-order valence-electron chi connectivity index (χ2n) is 7.30. The topological polar surface area (TPSA) is 51.2 Å². The zero-order chi connectivity index (χ0) is 21.1. The summed E-state index contributed by atoms with van der Waals surface area (Å²) in [6, 6.07) is 16.1. The van der Waals surface area contributed by atoms with Crippen LogP contribution in [0.3, 0.4) is 0 Å². The number of benzene rings is 2. The highest BCUT2D eigenvalue weighted by atomic mass is 35.5. The fourth-order valence-electron chi connectivity index (χ4n) is 3.00. The van der Waals surface area contributed by atoms with Gasteiger partial charge in [-0.2, -0.15) is 0 Å². The van der Waals surface area contributed by atoms with E-state index in [1.807, 2.05) is 49.3 Å². The number of halogens is 1. The number of nitrogens with zero attached hydrogens (tertiary/aromatic N) is 1. The zero-order valence-electron chi connectivity index (χ0n) is 17.5. The SMILES string of the molecule is COc1cccc(CCc2ccccc2OCC(CCl)OCC(O)CN(C)C)c1. The largest absolute Gasteiger partial charge is 0.497 e. The average molecular weight is 422 g/mol. The smallest absolute Gasteiger partial charge is 0.122 e. The second-order valence-corrected chi connectivity index (χ2v) is 7.60. The molecule has 0 fully saturated rings. The second kappa shape index (κ2) is 12.7. The molecule has 0 saturated carbocycles. The maximum absolute atomic E-state index is 9.95. The van der Waals surface area contributed by atoms with Crippen LogP contribution in [-0.4, -0.2) is 69.1 Å². The van der Waals surface area contributed by atoms with Crippen molar-refractivity contribution in [1.82, 2.24) is 4.90 Å². The van der Waals surface area contributed by atoms with Crippen molar-refractivity contribution in [1.29, 1.82) is 0 Å². The third kappa shape index (κ3) is 8.62. The molecule has 160 valence electrons. The molecule has 0 saturated heterocycles. The van der Waals surface area contributed by atoms with Gasteiger partial charge in [0.25, 0.3) is 0 Å². The fraction of sp³-hybridized carbons (Fsp3) is 0.478. The van der Waals surface area contributed by atoms with Crippen LogP contribution in [0.2, 0.25) is 0 Å². The van der Waals surface area contributed by atoms with Gasteiger partial charge in [-0.05, 0) is 56.3 Å². The van der Waals surface area contributed by atoms with Crippen LogP contribution < -0.4 is 9.47 Å². The van der Waals surface area contributed by atoms with E-state index in [1.54, 1.807) is 7.11 Å². The standard InChI is InChI=1S/C23H32ClNO4/c1-25(2)15-20(26)16-28-22(14-24)17-29-23-10-5-4-8-19(23)12-11-18-7-6-9-21(13-18)27-3/h4-10,13,20,22,26H,11-12,14-17H2,1-3H3. The first-order valence-electron chi connectivity index (χ1n) is 9.85. The average Bonchev–Trinajstić information content (AvgIpc) is 2.72. The van der Waals surface area contributed by atoms with Crippen molar-refractivity contribution in [3.8, 4) is 11.5 Å². The third-order valence-corrected chi connectivity index (χ3v) is 4.83. The summed E-state index contributed by atoms with van der Waals surface area (Å²) in [6.07, 6.45) is 0.923. The van der Waals surface area contributed by atoms with E-state index in [4.69, 9.17) is 25.8 Å². The number of aryl methyl sites for hydroxylation is 2. The number of hydrogen-bond donors (Lipinski definition) is 1. The Kier molecular flexibility index (Phi) is 10.3.